The Kier molecular flexibility index (Phi) is 5.47. The predicted molar refractivity (Wildman–Crippen MR) is 115 cm³/mol. The predicted octanol–water partition coefficient (Wildman–Crippen LogP) is 7.07. The molecule has 2 heteroatoms. The van der Waals surface area contributed by atoms with Crippen LogP contribution in [0.1, 0.15) is 84.3 Å². The van der Waals surface area contributed by atoms with Crippen molar-refractivity contribution in [3.05, 3.63) is 41.5 Å². The van der Waals surface area contributed by atoms with Crippen LogP contribution in [0.2, 0.25) is 0 Å². The summed E-state index contributed by atoms with van der Waals surface area (Å²) >= 11 is 0. The molecule has 2 nitrogen and oxygen atoms in total. The first-order valence-electron chi connectivity index (χ1n) is 10.5. The maximum absolute atomic E-state index is 6.58. The lowest BCUT2D eigenvalue weighted by atomic mass is 9.71. The first-order valence-corrected chi connectivity index (χ1v) is 10.5. The van der Waals surface area contributed by atoms with Crippen molar-refractivity contribution in [2.45, 2.75) is 84.2 Å². The first kappa shape index (κ1) is 20.0. The van der Waals surface area contributed by atoms with Crippen LogP contribution >= 0.6 is 0 Å². The van der Waals surface area contributed by atoms with Gasteiger partial charge in [0.15, 0.2) is 0 Å². The first-order chi connectivity index (χ1) is 12.7. The standard InChI is InChI=1S/C25H36O2/c1-8-9-10-13-24(3,4)18-15-21(26-7)23-19-14-17(2)11-12-20(19)25(5,6)27-22(23)16-18/h14-16,20H,2,8-13H2,1,3-7H3. The lowest BCUT2D eigenvalue weighted by Crippen LogP contribution is -2.42. The Bertz CT molecular complexity index is 752. The molecule has 1 aliphatic carbocycles. The maximum atomic E-state index is 6.58. The second kappa shape index (κ2) is 7.37. The molecule has 0 N–H and O–H groups in total. The molecule has 0 saturated heterocycles. The molecule has 27 heavy (non-hydrogen) atoms. The van der Waals surface area contributed by atoms with Crippen LogP contribution in [0.3, 0.4) is 0 Å². The van der Waals surface area contributed by atoms with E-state index in [4.69, 9.17) is 9.47 Å². The van der Waals surface area contributed by atoms with E-state index in [1.54, 1.807) is 7.11 Å². The average Bonchev–Trinajstić information content (AvgIpc) is 2.60. The topological polar surface area (TPSA) is 18.5 Å². The molecule has 1 unspecified atom stereocenters. The van der Waals surface area contributed by atoms with Crippen LogP contribution in [0.5, 0.6) is 11.5 Å². The Balaban J connectivity index is 2.09. The highest BCUT2D eigenvalue weighted by Gasteiger charge is 2.43. The smallest absolute Gasteiger partial charge is 0.131 e. The minimum absolute atomic E-state index is 0.104. The summed E-state index contributed by atoms with van der Waals surface area (Å²) < 4.78 is 12.5. The van der Waals surface area contributed by atoms with Gasteiger partial charge in [-0.15, -0.1) is 0 Å². The summed E-state index contributed by atoms with van der Waals surface area (Å²) in [5.41, 5.74) is 4.87. The average molecular weight is 369 g/mol. The molecular weight excluding hydrogens is 332 g/mol. The van der Waals surface area contributed by atoms with E-state index < -0.39 is 0 Å². The summed E-state index contributed by atoms with van der Waals surface area (Å²) in [5, 5.41) is 0. The summed E-state index contributed by atoms with van der Waals surface area (Å²) in [7, 11) is 1.77. The van der Waals surface area contributed by atoms with E-state index in [1.165, 1.54) is 42.4 Å². The number of rotatable bonds is 6. The van der Waals surface area contributed by atoms with Gasteiger partial charge in [-0.05, 0) is 61.8 Å². The monoisotopic (exact) mass is 368 g/mol. The van der Waals surface area contributed by atoms with Gasteiger partial charge in [-0.2, -0.15) is 0 Å². The molecule has 148 valence electrons. The van der Waals surface area contributed by atoms with Gasteiger partial charge in [-0.3, -0.25) is 0 Å². The number of fused-ring (bicyclic) bond motifs is 3. The molecule has 0 saturated carbocycles. The van der Waals surface area contributed by atoms with E-state index in [9.17, 15) is 0 Å². The fourth-order valence-electron chi connectivity index (χ4n) is 4.67. The Labute approximate surface area is 165 Å². The van der Waals surface area contributed by atoms with E-state index in [-0.39, 0.29) is 11.0 Å². The Morgan fingerprint density at radius 2 is 2.00 bits per heavy atom. The third kappa shape index (κ3) is 3.81. The van der Waals surface area contributed by atoms with Crippen LogP contribution in [0, 0.1) is 5.92 Å². The van der Waals surface area contributed by atoms with Crippen molar-refractivity contribution in [1.82, 2.24) is 0 Å². The van der Waals surface area contributed by atoms with E-state index in [0.29, 0.717) is 5.92 Å². The number of benzene rings is 1. The molecular formula is C25H36O2. The molecule has 1 aromatic carbocycles. The van der Waals surface area contributed by atoms with Gasteiger partial charge in [0.2, 0.25) is 0 Å². The zero-order valence-electron chi connectivity index (χ0n) is 18.1. The van der Waals surface area contributed by atoms with Crippen molar-refractivity contribution in [2.24, 2.45) is 5.92 Å². The molecule has 1 heterocycles. The van der Waals surface area contributed by atoms with Gasteiger partial charge in [0.1, 0.15) is 17.1 Å². The van der Waals surface area contributed by atoms with E-state index in [1.807, 2.05) is 0 Å². The molecule has 3 rings (SSSR count). The molecule has 1 aromatic rings. The quantitative estimate of drug-likeness (QED) is 0.500. The van der Waals surface area contributed by atoms with Crippen LogP contribution in [-0.4, -0.2) is 12.7 Å². The second-order valence-corrected chi connectivity index (χ2v) is 9.45. The van der Waals surface area contributed by atoms with Crippen molar-refractivity contribution in [1.29, 1.82) is 0 Å². The zero-order chi connectivity index (χ0) is 19.8. The molecule has 0 bridgehead atoms. The highest BCUT2D eigenvalue weighted by Crippen LogP contribution is 2.53. The third-order valence-corrected chi connectivity index (χ3v) is 6.46. The number of methoxy groups -OCH3 is 1. The molecule has 0 fully saturated rings. The SMILES string of the molecule is C=C1C=C2c3c(OC)cc(C(C)(C)CCCCC)cc3OC(C)(C)C2CC1. The fraction of sp³-hybridized carbons (Fsp3) is 0.600. The number of allylic oxidation sites excluding steroid dienone is 2. The normalized spacial score (nSPS) is 21.0. The van der Waals surface area contributed by atoms with E-state index in [0.717, 1.165) is 29.9 Å². The number of hydrogen-bond acceptors (Lipinski definition) is 2. The van der Waals surface area contributed by atoms with Crippen LogP contribution in [0.15, 0.2) is 30.4 Å². The second-order valence-electron chi connectivity index (χ2n) is 9.45. The minimum Gasteiger partial charge on any atom is -0.496 e. The Morgan fingerprint density at radius 1 is 1.26 bits per heavy atom. The highest BCUT2D eigenvalue weighted by molar-refractivity contribution is 5.82. The lowest BCUT2D eigenvalue weighted by molar-refractivity contribution is 0.0544. The van der Waals surface area contributed by atoms with Gasteiger partial charge in [0, 0.05) is 5.92 Å². The molecule has 1 atom stereocenters. The summed E-state index contributed by atoms with van der Waals surface area (Å²) in [4.78, 5) is 0. The van der Waals surface area contributed by atoms with Gasteiger partial charge in [-0.25, -0.2) is 0 Å². The largest absolute Gasteiger partial charge is 0.496 e. The molecule has 0 aromatic heterocycles. The van der Waals surface area contributed by atoms with Crippen LogP contribution < -0.4 is 9.47 Å². The van der Waals surface area contributed by atoms with Crippen molar-refractivity contribution in [3.8, 4) is 11.5 Å². The van der Waals surface area contributed by atoms with Gasteiger partial charge in [0.05, 0.1) is 12.7 Å². The Hall–Kier alpha value is -1.70. The van der Waals surface area contributed by atoms with Crippen molar-refractivity contribution < 1.29 is 9.47 Å². The Morgan fingerprint density at radius 3 is 2.67 bits per heavy atom. The van der Waals surface area contributed by atoms with Crippen molar-refractivity contribution >= 4 is 5.57 Å². The number of unbranched alkanes of at least 4 members (excludes halogenated alkanes) is 2. The van der Waals surface area contributed by atoms with E-state index >= 15 is 0 Å². The van der Waals surface area contributed by atoms with Crippen LogP contribution in [-0.2, 0) is 5.41 Å². The van der Waals surface area contributed by atoms with Crippen LogP contribution in [0.4, 0.5) is 0 Å². The highest BCUT2D eigenvalue weighted by atomic mass is 16.5. The molecule has 2 aliphatic rings. The number of ether oxygens (including phenoxy) is 2. The van der Waals surface area contributed by atoms with Gasteiger partial charge < -0.3 is 9.47 Å². The zero-order valence-corrected chi connectivity index (χ0v) is 18.1. The van der Waals surface area contributed by atoms with Gasteiger partial charge in [0.25, 0.3) is 0 Å². The summed E-state index contributed by atoms with van der Waals surface area (Å²) in [6.45, 7) is 15.6. The number of hydrogen-bond donors (Lipinski definition) is 0. The van der Waals surface area contributed by atoms with Crippen LogP contribution in [0.25, 0.3) is 5.57 Å². The molecule has 0 amide bonds. The summed E-state index contributed by atoms with van der Waals surface area (Å²) in [6.07, 6.45) is 9.36. The summed E-state index contributed by atoms with van der Waals surface area (Å²) in [5.74, 6) is 2.29. The fourth-order valence-corrected chi connectivity index (χ4v) is 4.67. The van der Waals surface area contributed by atoms with Gasteiger partial charge in [-0.1, -0.05) is 58.3 Å². The molecule has 1 aliphatic heterocycles. The summed E-state index contributed by atoms with van der Waals surface area (Å²) in [6, 6.07) is 4.50. The maximum Gasteiger partial charge on any atom is 0.131 e. The minimum atomic E-state index is -0.213. The molecule has 0 radical (unpaired) electrons. The third-order valence-electron chi connectivity index (χ3n) is 6.46. The lowest BCUT2D eigenvalue weighted by Gasteiger charge is -2.44. The van der Waals surface area contributed by atoms with Crippen molar-refractivity contribution in [3.63, 3.8) is 0 Å². The van der Waals surface area contributed by atoms with E-state index in [2.05, 4.69) is 59.4 Å². The van der Waals surface area contributed by atoms with Crippen molar-refractivity contribution in [2.75, 3.05) is 7.11 Å². The molecule has 0 spiro atoms. The van der Waals surface area contributed by atoms with Gasteiger partial charge >= 0.3 is 0 Å².